The van der Waals surface area contributed by atoms with E-state index in [0.717, 1.165) is 0 Å². The largest absolute Gasteiger partial charge is 0.324 e. The second-order valence-electron chi connectivity index (χ2n) is 8.69. The zero-order chi connectivity index (χ0) is 17.5. The molecular weight excluding hydrogens is 292 g/mol. The monoisotopic (exact) mass is 339 g/mol. The summed E-state index contributed by atoms with van der Waals surface area (Å²) in [6.07, 6.45) is 20.5. The molecule has 1 heterocycles. The highest BCUT2D eigenvalue weighted by Crippen LogP contribution is 2.15. The van der Waals surface area contributed by atoms with Crippen LogP contribution < -0.4 is 0 Å². The molecule has 24 heavy (non-hydrogen) atoms. The zero-order valence-corrected chi connectivity index (χ0v) is 17.3. The molecule has 0 bridgehead atoms. The smallest absolute Gasteiger partial charge is 0.0914 e. The first-order valence-electron chi connectivity index (χ1n) is 11.2. The summed E-state index contributed by atoms with van der Waals surface area (Å²) in [5, 5.41) is 0. The van der Waals surface area contributed by atoms with Crippen molar-refractivity contribution >= 4 is 0 Å². The topological polar surface area (TPSA) is 3.24 Å². The van der Waals surface area contributed by atoms with E-state index in [1.807, 2.05) is 0 Å². The van der Waals surface area contributed by atoms with Crippen molar-refractivity contribution in [1.29, 1.82) is 0 Å². The van der Waals surface area contributed by atoms with E-state index in [2.05, 4.69) is 25.9 Å². The highest BCUT2D eigenvalue weighted by Gasteiger charge is 2.26. The Kier molecular flexibility index (Phi) is 12.9. The standard InChI is InChI=1S/C22H47N2/c1-4-5-6-7-8-9-10-11-12-13-14-15-16-17-20-24(3)21-18-23(2)19-22-24/h4-22H2,1-3H3/q+1. The molecule has 144 valence electrons. The van der Waals surface area contributed by atoms with Gasteiger partial charge in [0.2, 0.25) is 0 Å². The van der Waals surface area contributed by atoms with Crippen LogP contribution in [0.3, 0.4) is 0 Å². The molecule has 0 N–H and O–H groups in total. The van der Waals surface area contributed by atoms with Gasteiger partial charge in [-0.1, -0.05) is 84.0 Å². The van der Waals surface area contributed by atoms with Crippen LogP contribution in [-0.2, 0) is 0 Å². The number of hydrogen-bond acceptors (Lipinski definition) is 1. The fraction of sp³-hybridized carbons (Fsp3) is 1.00. The summed E-state index contributed by atoms with van der Waals surface area (Å²) in [5.41, 5.74) is 0. The predicted octanol–water partition coefficient (Wildman–Crippen LogP) is 5.86. The van der Waals surface area contributed by atoms with Gasteiger partial charge in [0, 0.05) is 13.1 Å². The van der Waals surface area contributed by atoms with E-state index in [1.54, 1.807) is 0 Å². The maximum absolute atomic E-state index is 2.48. The lowest BCUT2D eigenvalue weighted by atomic mass is 10.0. The molecule has 1 aliphatic heterocycles. The summed E-state index contributed by atoms with van der Waals surface area (Å²) < 4.78 is 1.32. The Labute approximate surface area is 153 Å². The van der Waals surface area contributed by atoms with Crippen molar-refractivity contribution in [2.24, 2.45) is 0 Å². The Morgan fingerprint density at radius 2 is 1.00 bits per heavy atom. The Bertz CT molecular complexity index is 269. The van der Waals surface area contributed by atoms with Gasteiger partial charge in [0.25, 0.3) is 0 Å². The van der Waals surface area contributed by atoms with Crippen molar-refractivity contribution in [2.45, 2.75) is 96.8 Å². The lowest BCUT2D eigenvalue weighted by molar-refractivity contribution is -0.913. The van der Waals surface area contributed by atoms with Crippen LogP contribution in [0.4, 0.5) is 0 Å². The van der Waals surface area contributed by atoms with Crippen LogP contribution in [0.2, 0.25) is 0 Å². The van der Waals surface area contributed by atoms with Crippen molar-refractivity contribution < 1.29 is 4.48 Å². The summed E-state index contributed by atoms with van der Waals surface area (Å²) in [4.78, 5) is 2.48. The molecule has 0 saturated carbocycles. The molecule has 0 aromatic rings. The molecule has 0 unspecified atom stereocenters. The van der Waals surface area contributed by atoms with Gasteiger partial charge in [-0.2, -0.15) is 0 Å². The molecule has 0 atom stereocenters. The van der Waals surface area contributed by atoms with E-state index in [-0.39, 0.29) is 0 Å². The summed E-state index contributed by atoms with van der Waals surface area (Å²) in [6, 6.07) is 0. The number of rotatable bonds is 15. The molecule has 0 spiro atoms. The highest BCUT2D eigenvalue weighted by atomic mass is 15.4. The second kappa shape index (κ2) is 14.1. The minimum Gasteiger partial charge on any atom is -0.324 e. The molecule has 0 aromatic carbocycles. The number of likely N-dealkylation sites (N-methyl/N-ethyl adjacent to an activating group) is 2. The van der Waals surface area contributed by atoms with E-state index < -0.39 is 0 Å². The molecule has 2 heteroatoms. The Morgan fingerprint density at radius 3 is 1.42 bits per heavy atom. The number of unbranched alkanes of at least 4 members (excludes halogenated alkanes) is 13. The average Bonchev–Trinajstić information content (AvgIpc) is 2.58. The van der Waals surface area contributed by atoms with Crippen LogP contribution in [0, 0.1) is 0 Å². The van der Waals surface area contributed by atoms with Crippen molar-refractivity contribution in [1.82, 2.24) is 4.90 Å². The lowest BCUT2D eigenvalue weighted by Crippen LogP contribution is -2.56. The number of hydrogen-bond donors (Lipinski definition) is 0. The maximum atomic E-state index is 2.48. The fourth-order valence-electron chi connectivity index (χ4n) is 3.96. The third-order valence-electron chi connectivity index (χ3n) is 6.09. The van der Waals surface area contributed by atoms with Gasteiger partial charge < -0.3 is 4.48 Å². The molecule has 2 nitrogen and oxygen atoms in total. The maximum Gasteiger partial charge on any atom is 0.0914 e. The first kappa shape index (κ1) is 22.0. The zero-order valence-electron chi connectivity index (χ0n) is 17.3. The van der Waals surface area contributed by atoms with Gasteiger partial charge in [0.1, 0.15) is 0 Å². The van der Waals surface area contributed by atoms with E-state index in [9.17, 15) is 0 Å². The number of nitrogens with zero attached hydrogens (tertiary/aromatic N) is 2. The third-order valence-corrected chi connectivity index (χ3v) is 6.09. The molecule has 0 aromatic heterocycles. The highest BCUT2D eigenvalue weighted by molar-refractivity contribution is 4.58. The molecular formula is C22H47N2+. The van der Waals surface area contributed by atoms with Crippen LogP contribution >= 0.6 is 0 Å². The van der Waals surface area contributed by atoms with Gasteiger partial charge in [0.05, 0.1) is 26.7 Å². The van der Waals surface area contributed by atoms with Gasteiger partial charge >= 0.3 is 0 Å². The summed E-state index contributed by atoms with van der Waals surface area (Å²) in [6.45, 7) is 8.99. The molecule has 0 aliphatic carbocycles. The van der Waals surface area contributed by atoms with Crippen LogP contribution in [0.15, 0.2) is 0 Å². The minimum absolute atomic E-state index is 1.29. The van der Waals surface area contributed by atoms with Crippen molar-refractivity contribution in [3.63, 3.8) is 0 Å². The molecule has 1 aliphatic rings. The van der Waals surface area contributed by atoms with Gasteiger partial charge in [-0.05, 0) is 19.9 Å². The van der Waals surface area contributed by atoms with Crippen LogP contribution in [-0.4, -0.2) is 56.2 Å². The van der Waals surface area contributed by atoms with Crippen LogP contribution in [0.5, 0.6) is 0 Å². The summed E-state index contributed by atoms with van der Waals surface area (Å²) in [7, 11) is 4.73. The fourth-order valence-corrected chi connectivity index (χ4v) is 3.96. The molecule has 1 saturated heterocycles. The molecule has 1 fully saturated rings. The normalized spacial score (nSPS) is 18.1. The van der Waals surface area contributed by atoms with Crippen LogP contribution in [0.25, 0.3) is 0 Å². The minimum atomic E-state index is 1.29. The molecule has 0 radical (unpaired) electrons. The number of quaternary nitrogens is 1. The molecule has 0 amide bonds. The van der Waals surface area contributed by atoms with Crippen molar-refractivity contribution in [3.05, 3.63) is 0 Å². The quantitative estimate of drug-likeness (QED) is 0.267. The van der Waals surface area contributed by atoms with Crippen LogP contribution in [0.1, 0.15) is 96.8 Å². The van der Waals surface area contributed by atoms with Crippen molar-refractivity contribution in [3.8, 4) is 0 Å². The first-order valence-corrected chi connectivity index (χ1v) is 11.2. The SMILES string of the molecule is CCCCCCCCCCCCCCCC[N+]1(C)CCN(C)CC1. The van der Waals surface area contributed by atoms with Gasteiger partial charge in [0.15, 0.2) is 0 Å². The summed E-state index contributed by atoms with van der Waals surface area (Å²) in [5.74, 6) is 0. The Balaban J connectivity index is 1.78. The molecule has 1 rings (SSSR count). The average molecular weight is 340 g/mol. The van der Waals surface area contributed by atoms with Crippen molar-refractivity contribution in [2.75, 3.05) is 46.8 Å². The van der Waals surface area contributed by atoms with E-state index in [0.29, 0.717) is 0 Å². The van der Waals surface area contributed by atoms with Gasteiger partial charge in [-0.3, -0.25) is 4.90 Å². The summed E-state index contributed by atoms with van der Waals surface area (Å²) >= 11 is 0. The van der Waals surface area contributed by atoms with E-state index in [1.165, 1.54) is 127 Å². The first-order chi connectivity index (χ1) is 11.7. The number of piperazine rings is 1. The lowest BCUT2D eigenvalue weighted by Gasteiger charge is -2.41. The van der Waals surface area contributed by atoms with E-state index in [4.69, 9.17) is 0 Å². The van der Waals surface area contributed by atoms with E-state index >= 15 is 0 Å². The Morgan fingerprint density at radius 1 is 0.625 bits per heavy atom. The predicted molar refractivity (Wildman–Crippen MR) is 109 cm³/mol. The van der Waals surface area contributed by atoms with Gasteiger partial charge in [-0.15, -0.1) is 0 Å². The van der Waals surface area contributed by atoms with Gasteiger partial charge in [-0.25, -0.2) is 0 Å². The third kappa shape index (κ3) is 11.5. The Hall–Kier alpha value is -0.0800. The second-order valence-corrected chi connectivity index (χ2v) is 8.69.